The fourth-order valence-corrected chi connectivity index (χ4v) is 2.12. The summed E-state index contributed by atoms with van der Waals surface area (Å²) in [5, 5.41) is 18.0. The molecule has 2 rings (SSSR count). The topological polar surface area (TPSA) is 61.4 Å². The van der Waals surface area contributed by atoms with Crippen molar-refractivity contribution >= 4 is 16.7 Å². The maximum atomic E-state index is 11.3. The highest BCUT2D eigenvalue weighted by Crippen LogP contribution is 2.19. The summed E-state index contributed by atoms with van der Waals surface area (Å²) in [4.78, 5) is 11.3. The Kier molecular flexibility index (Phi) is 5.09. The van der Waals surface area contributed by atoms with Crippen LogP contribution >= 0.6 is 0 Å². The van der Waals surface area contributed by atoms with Crippen molar-refractivity contribution in [3.8, 4) is 0 Å². The number of likely N-dealkylation sites (N-methyl/N-ethyl adjacent to an activating group) is 1. The summed E-state index contributed by atoms with van der Waals surface area (Å²) < 4.78 is 0. The summed E-state index contributed by atoms with van der Waals surface area (Å²) in [5.41, 5.74) is 0.854. The minimum absolute atomic E-state index is 0.0572. The van der Waals surface area contributed by atoms with Gasteiger partial charge >= 0.3 is 0 Å². The number of benzene rings is 2. The van der Waals surface area contributed by atoms with E-state index in [1.165, 1.54) is 0 Å². The minimum Gasteiger partial charge on any atom is -0.387 e. The van der Waals surface area contributed by atoms with Gasteiger partial charge in [-0.25, -0.2) is 0 Å². The predicted octanol–water partition coefficient (Wildman–Crippen LogP) is 1.60. The smallest absolute Gasteiger partial charge is 0.233 e. The molecule has 20 heavy (non-hydrogen) atoms. The Bertz CT molecular complexity index is 583. The lowest BCUT2D eigenvalue weighted by atomic mass is 10.0. The summed E-state index contributed by atoms with van der Waals surface area (Å²) in [6, 6.07) is 13.9. The average molecular weight is 272 g/mol. The molecule has 0 fully saturated rings. The summed E-state index contributed by atoms with van der Waals surface area (Å²) in [7, 11) is 0. The summed E-state index contributed by atoms with van der Waals surface area (Å²) in [6.07, 6.45) is -0.617. The zero-order valence-corrected chi connectivity index (χ0v) is 11.6. The Morgan fingerprint density at radius 2 is 1.95 bits per heavy atom. The monoisotopic (exact) mass is 272 g/mol. The Morgan fingerprint density at radius 1 is 1.20 bits per heavy atom. The van der Waals surface area contributed by atoms with Crippen LogP contribution in [0.25, 0.3) is 10.8 Å². The molecule has 0 aliphatic carbocycles. The second kappa shape index (κ2) is 7.03. The van der Waals surface area contributed by atoms with Gasteiger partial charge in [0.15, 0.2) is 0 Å². The Balaban J connectivity index is 1.93. The van der Waals surface area contributed by atoms with Crippen LogP contribution in [0.15, 0.2) is 42.5 Å². The molecule has 0 aliphatic heterocycles. The third-order valence-corrected chi connectivity index (χ3v) is 3.16. The molecule has 2 aromatic carbocycles. The van der Waals surface area contributed by atoms with Gasteiger partial charge in [-0.05, 0) is 29.3 Å². The molecular weight excluding hydrogens is 252 g/mol. The fraction of sp³-hybridized carbons (Fsp3) is 0.312. The van der Waals surface area contributed by atoms with Crippen molar-refractivity contribution < 1.29 is 9.90 Å². The Hall–Kier alpha value is -1.91. The summed E-state index contributed by atoms with van der Waals surface area (Å²) >= 11 is 0. The van der Waals surface area contributed by atoms with Gasteiger partial charge in [-0.3, -0.25) is 4.79 Å². The van der Waals surface area contributed by atoms with Crippen LogP contribution in [0.5, 0.6) is 0 Å². The van der Waals surface area contributed by atoms with Crippen molar-refractivity contribution in [2.45, 2.75) is 13.0 Å². The van der Waals surface area contributed by atoms with Crippen molar-refractivity contribution in [1.29, 1.82) is 0 Å². The molecule has 106 valence electrons. The van der Waals surface area contributed by atoms with Gasteiger partial charge in [-0.1, -0.05) is 36.4 Å². The lowest BCUT2D eigenvalue weighted by molar-refractivity contribution is -0.120. The van der Waals surface area contributed by atoms with Crippen molar-refractivity contribution in [1.82, 2.24) is 10.6 Å². The van der Waals surface area contributed by atoms with E-state index in [0.29, 0.717) is 13.1 Å². The van der Waals surface area contributed by atoms with E-state index >= 15 is 0 Å². The molecule has 0 aromatic heterocycles. The number of hydrogen-bond acceptors (Lipinski definition) is 3. The minimum atomic E-state index is -0.617. The van der Waals surface area contributed by atoms with Crippen molar-refractivity contribution in [3.05, 3.63) is 48.0 Å². The van der Waals surface area contributed by atoms with Crippen LogP contribution in [0, 0.1) is 0 Å². The predicted molar refractivity (Wildman–Crippen MR) is 80.5 cm³/mol. The number of hydrogen-bond donors (Lipinski definition) is 3. The number of amides is 1. The van der Waals surface area contributed by atoms with Gasteiger partial charge in [0.05, 0.1) is 12.6 Å². The zero-order valence-electron chi connectivity index (χ0n) is 11.6. The van der Waals surface area contributed by atoms with Crippen molar-refractivity contribution in [2.75, 3.05) is 19.6 Å². The van der Waals surface area contributed by atoms with E-state index < -0.39 is 6.10 Å². The first-order valence-electron chi connectivity index (χ1n) is 6.85. The molecule has 0 radical (unpaired) electrons. The molecule has 1 amide bonds. The van der Waals surface area contributed by atoms with E-state index in [0.717, 1.165) is 16.3 Å². The van der Waals surface area contributed by atoms with Crippen LogP contribution in [0.2, 0.25) is 0 Å². The first kappa shape index (κ1) is 14.5. The largest absolute Gasteiger partial charge is 0.387 e. The molecule has 0 bridgehead atoms. The van der Waals surface area contributed by atoms with E-state index in [2.05, 4.69) is 10.6 Å². The number of carbonyl (C=O) groups is 1. The van der Waals surface area contributed by atoms with Gasteiger partial charge in [0, 0.05) is 13.1 Å². The van der Waals surface area contributed by atoms with Crippen LogP contribution in [0.3, 0.4) is 0 Å². The Morgan fingerprint density at radius 3 is 2.70 bits per heavy atom. The van der Waals surface area contributed by atoms with Gasteiger partial charge < -0.3 is 15.7 Å². The van der Waals surface area contributed by atoms with Crippen LogP contribution < -0.4 is 10.6 Å². The SMILES string of the molecule is CCNC(=O)CNCC(O)c1ccc2ccccc2c1. The molecule has 2 aromatic rings. The van der Waals surface area contributed by atoms with Crippen molar-refractivity contribution in [2.24, 2.45) is 0 Å². The molecule has 3 N–H and O–H groups in total. The molecule has 0 heterocycles. The molecule has 4 nitrogen and oxygen atoms in total. The second-order valence-corrected chi connectivity index (χ2v) is 4.71. The van der Waals surface area contributed by atoms with Crippen LogP contribution in [0.4, 0.5) is 0 Å². The number of carbonyl (C=O) groups excluding carboxylic acids is 1. The third-order valence-electron chi connectivity index (χ3n) is 3.16. The number of aliphatic hydroxyl groups excluding tert-OH is 1. The molecular formula is C16H20N2O2. The zero-order chi connectivity index (χ0) is 14.4. The van der Waals surface area contributed by atoms with Gasteiger partial charge in [-0.2, -0.15) is 0 Å². The van der Waals surface area contributed by atoms with Crippen molar-refractivity contribution in [3.63, 3.8) is 0 Å². The summed E-state index contributed by atoms with van der Waals surface area (Å²) in [5.74, 6) is -0.0572. The molecule has 0 saturated carbocycles. The number of rotatable bonds is 6. The maximum Gasteiger partial charge on any atom is 0.233 e. The lowest BCUT2D eigenvalue weighted by Gasteiger charge is -2.13. The van der Waals surface area contributed by atoms with E-state index in [1.54, 1.807) is 0 Å². The van der Waals surface area contributed by atoms with Gasteiger partial charge in [0.25, 0.3) is 0 Å². The normalized spacial score (nSPS) is 12.3. The highest BCUT2D eigenvalue weighted by molar-refractivity contribution is 5.83. The van der Waals surface area contributed by atoms with Crippen LogP contribution in [0.1, 0.15) is 18.6 Å². The summed E-state index contributed by atoms with van der Waals surface area (Å²) in [6.45, 7) is 3.07. The quantitative estimate of drug-likeness (QED) is 0.748. The molecule has 0 aliphatic rings. The number of fused-ring (bicyclic) bond motifs is 1. The highest BCUT2D eigenvalue weighted by Gasteiger charge is 2.08. The maximum absolute atomic E-state index is 11.3. The standard InChI is InChI=1S/C16H20N2O2/c1-2-18-16(20)11-17-10-15(19)14-8-7-12-5-3-4-6-13(12)9-14/h3-9,15,17,19H,2,10-11H2,1H3,(H,18,20). The molecule has 0 spiro atoms. The number of nitrogens with one attached hydrogen (secondary N) is 2. The van der Waals surface area contributed by atoms with Crippen LogP contribution in [-0.4, -0.2) is 30.6 Å². The van der Waals surface area contributed by atoms with Gasteiger partial charge in [0.1, 0.15) is 0 Å². The molecule has 0 saturated heterocycles. The molecule has 4 heteroatoms. The van der Waals surface area contributed by atoms with E-state index in [9.17, 15) is 9.90 Å². The van der Waals surface area contributed by atoms with E-state index in [-0.39, 0.29) is 12.5 Å². The Labute approximate surface area is 118 Å². The third kappa shape index (κ3) is 3.79. The number of aliphatic hydroxyl groups is 1. The van der Waals surface area contributed by atoms with E-state index in [4.69, 9.17) is 0 Å². The first-order chi connectivity index (χ1) is 9.70. The van der Waals surface area contributed by atoms with Gasteiger partial charge in [0.2, 0.25) is 5.91 Å². The fourth-order valence-electron chi connectivity index (χ4n) is 2.12. The van der Waals surface area contributed by atoms with Crippen LogP contribution in [-0.2, 0) is 4.79 Å². The lowest BCUT2D eigenvalue weighted by Crippen LogP contribution is -2.35. The highest BCUT2D eigenvalue weighted by atomic mass is 16.3. The van der Waals surface area contributed by atoms with E-state index in [1.807, 2.05) is 49.4 Å². The average Bonchev–Trinajstić information content (AvgIpc) is 2.47. The molecule has 1 unspecified atom stereocenters. The van der Waals surface area contributed by atoms with Gasteiger partial charge in [-0.15, -0.1) is 0 Å². The molecule has 1 atom stereocenters. The first-order valence-corrected chi connectivity index (χ1v) is 6.85. The second-order valence-electron chi connectivity index (χ2n) is 4.71.